The van der Waals surface area contributed by atoms with Crippen LogP contribution in [0.15, 0.2) is 69.5 Å². The number of benzene rings is 2. The van der Waals surface area contributed by atoms with Crippen molar-refractivity contribution in [1.82, 2.24) is 0 Å². The fourth-order valence-corrected chi connectivity index (χ4v) is 7.82. The number of allylic oxidation sites excluding steroid dienone is 1. The molecule has 2 aromatic rings. The summed E-state index contributed by atoms with van der Waals surface area (Å²) in [6.07, 6.45) is -3.58. The minimum Gasteiger partial charge on any atom is -0.478 e. The Morgan fingerprint density at radius 3 is 2.32 bits per heavy atom. The van der Waals surface area contributed by atoms with Gasteiger partial charge in [-0.15, -0.1) is 0 Å². The van der Waals surface area contributed by atoms with Crippen LogP contribution in [0.4, 0.5) is 13.2 Å². The number of hydrogen-bond acceptors (Lipinski definition) is 3. The van der Waals surface area contributed by atoms with E-state index in [0.29, 0.717) is 37.2 Å². The normalized spacial score (nSPS) is 20.3. The van der Waals surface area contributed by atoms with Gasteiger partial charge in [-0.2, -0.15) is 24.1 Å². The molecule has 0 aliphatic carbocycles. The lowest BCUT2D eigenvalue weighted by atomic mass is 9.98. The summed E-state index contributed by atoms with van der Waals surface area (Å²) in [4.78, 5) is 25.6. The van der Waals surface area contributed by atoms with E-state index >= 15 is 0 Å². The predicted molar refractivity (Wildman–Crippen MR) is 125 cm³/mol. The highest BCUT2D eigenvalue weighted by atomic mass is 32.2. The van der Waals surface area contributed by atoms with Crippen molar-refractivity contribution in [3.05, 3.63) is 91.7 Å². The van der Waals surface area contributed by atoms with E-state index in [2.05, 4.69) is 0 Å². The first-order valence-electron chi connectivity index (χ1n) is 10.7. The summed E-state index contributed by atoms with van der Waals surface area (Å²) < 4.78 is 44.7. The lowest BCUT2D eigenvalue weighted by molar-refractivity contribution is -0.137. The van der Waals surface area contributed by atoms with Crippen LogP contribution in [0.1, 0.15) is 45.6 Å². The molecule has 2 aliphatic rings. The van der Waals surface area contributed by atoms with Crippen LogP contribution < -0.4 is 5.73 Å². The molecule has 0 aromatic heterocycles. The fourth-order valence-electron chi connectivity index (χ4n) is 4.51. The fraction of sp³-hybridized carbons (Fsp3) is 0.280. The number of thiol groups is 1. The summed E-state index contributed by atoms with van der Waals surface area (Å²) >= 11 is 0. The van der Waals surface area contributed by atoms with Crippen LogP contribution in [-0.2, 0) is 22.1 Å². The highest BCUT2D eigenvalue weighted by molar-refractivity contribution is 8.24. The number of carbonyl (C=O) groups excluding carboxylic acids is 1. The number of ether oxygens (including phenoxy) is 1. The maximum absolute atomic E-state index is 13.0. The topological polar surface area (TPSA) is 89.6 Å². The van der Waals surface area contributed by atoms with Gasteiger partial charge in [-0.25, -0.2) is 4.79 Å². The van der Waals surface area contributed by atoms with Crippen molar-refractivity contribution in [2.75, 3.05) is 13.2 Å². The summed E-state index contributed by atoms with van der Waals surface area (Å²) in [6, 6.07) is 11.6. The van der Waals surface area contributed by atoms with Crippen molar-refractivity contribution >= 4 is 22.8 Å². The second-order valence-corrected chi connectivity index (χ2v) is 10.9. The highest BCUT2D eigenvalue weighted by Gasteiger charge is 2.38. The average molecular weight is 492 g/mol. The predicted octanol–water partition coefficient (Wildman–Crippen LogP) is 5.14. The summed E-state index contributed by atoms with van der Waals surface area (Å²) in [5.74, 6) is -1.56. The van der Waals surface area contributed by atoms with E-state index in [9.17, 15) is 27.9 Å². The van der Waals surface area contributed by atoms with Gasteiger partial charge < -0.3 is 15.6 Å². The molecule has 2 aliphatic heterocycles. The van der Waals surface area contributed by atoms with E-state index in [4.69, 9.17) is 10.5 Å². The van der Waals surface area contributed by atoms with Crippen LogP contribution in [0.5, 0.6) is 0 Å². The summed E-state index contributed by atoms with van der Waals surface area (Å²) in [5, 5.41) is 9.12. The molecule has 0 saturated carbocycles. The summed E-state index contributed by atoms with van der Waals surface area (Å²) in [6.45, 7) is 2.84. The van der Waals surface area contributed by atoms with E-state index in [1.54, 1.807) is 24.3 Å². The Morgan fingerprint density at radius 2 is 1.76 bits per heavy atom. The van der Waals surface area contributed by atoms with Crippen molar-refractivity contribution < 1.29 is 32.6 Å². The van der Waals surface area contributed by atoms with Gasteiger partial charge in [-0.1, -0.05) is 31.2 Å². The van der Waals surface area contributed by atoms with Gasteiger partial charge in [0.05, 0.1) is 29.9 Å². The third-order valence-corrected chi connectivity index (χ3v) is 9.20. The number of nitrogens with two attached hydrogens (primary N) is 1. The second-order valence-electron chi connectivity index (χ2n) is 8.26. The zero-order chi connectivity index (χ0) is 24.6. The maximum atomic E-state index is 13.0. The standard InChI is InChI=1S/C25H24F3NO4S/c1-14(16-4-6-17(7-5-16)24(31)32)34-20(12-15-2-8-18(9-3-15)25(26,27)28)22(23(29)30)19-10-11-33-13-21(19)34/h2-9,14,34H,10-13H2,1H3,(H2,29,30)(H,31,32)/t14-/m1/s1. The number of hydrogen-bond donors (Lipinski definition) is 3. The Bertz CT molecular complexity index is 1180. The molecular formula is C25H24F3NO4S. The molecule has 2 heterocycles. The number of rotatable bonds is 6. The number of alkyl halides is 3. The quantitative estimate of drug-likeness (QED) is 0.489. The summed E-state index contributed by atoms with van der Waals surface area (Å²) in [5.41, 5.74) is 8.18. The van der Waals surface area contributed by atoms with Gasteiger partial charge >= 0.3 is 12.1 Å². The Morgan fingerprint density at radius 1 is 1.12 bits per heavy atom. The summed E-state index contributed by atoms with van der Waals surface area (Å²) in [7, 11) is -1.09. The minimum atomic E-state index is -4.43. The molecule has 180 valence electrons. The Kier molecular flexibility index (Phi) is 6.60. The van der Waals surface area contributed by atoms with Gasteiger partial charge in [0.2, 0.25) is 5.91 Å². The number of primary amides is 1. The number of amides is 1. The first kappa shape index (κ1) is 24.1. The molecule has 0 fully saturated rings. The number of carbonyl (C=O) groups is 2. The van der Waals surface area contributed by atoms with Gasteiger partial charge in [0, 0.05) is 11.7 Å². The molecule has 4 rings (SSSR count). The molecule has 1 amide bonds. The monoisotopic (exact) mass is 491 g/mol. The van der Waals surface area contributed by atoms with Gasteiger partial charge in [0.15, 0.2) is 0 Å². The Labute approximate surface area is 197 Å². The smallest absolute Gasteiger partial charge is 0.416 e. The van der Waals surface area contributed by atoms with Crippen LogP contribution in [0, 0.1) is 0 Å². The van der Waals surface area contributed by atoms with Crippen LogP contribution in [0.25, 0.3) is 0 Å². The molecule has 3 N–H and O–H groups in total. The zero-order valence-electron chi connectivity index (χ0n) is 18.4. The highest BCUT2D eigenvalue weighted by Crippen LogP contribution is 2.63. The van der Waals surface area contributed by atoms with E-state index in [1.807, 2.05) is 6.92 Å². The number of halogens is 3. The lowest BCUT2D eigenvalue weighted by Gasteiger charge is -2.32. The minimum absolute atomic E-state index is 0.0779. The SMILES string of the molecule is C[C@H](c1ccc(C(=O)O)cc1)[SH]1C2=C(CCOC2)C(C(N)=O)=C1Cc1ccc(C(F)(F)F)cc1. The van der Waals surface area contributed by atoms with Crippen LogP contribution in [0.3, 0.4) is 0 Å². The number of carboxylic acid groups (broad SMARTS) is 1. The Hall–Kier alpha value is -3.04. The van der Waals surface area contributed by atoms with Gasteiger partial charge in [0.25, 0.3) is 0 Å². The van der Waals surface area contributed by atoms with E-state index in [-0.39, 0.29) is 10.8 Å². The third kappa shape index (κ3) is 4.63. The van der Waals surface area contributed by atoms with Crippen molar-refractivity contribution in [3.63, 3.8) is 0 Å². The molecule has 5 nitrogen and oxygen atoms in total. The molecule has 2 atom stereocenters. The average Bonchev–Trinajstić information content (AvgIpc) is 3.12. The lowest BCUT2D eigenvalue weighted by Crippen LogP contribution is -2.18. The third-order valence-electron chi connectivity index (χ3n) is 6.18. The molecule has 1 unspecified atom stereocenters. The Balaban J connectivity index is 1.75. The van der Waals surface area contributed by atoms with E-state index < -0.39 is 34.5 Å². The number of carboxylic acids is 1. The molecule has 0 saturated heterocycles. The molecule has 0 bridgehead atoms. The van der Waals surface area contributed by atoms with E-state index in [0.717, 1.165) is 33.1 Å². The molecule has 0 spiro atoms. The largest absolute Gasteiger partial charge is 0.478 e. The van der Waals surface area contributed by atoms with Crippen molar-refractivity contribution in [1.29, 1.82) is 0 Å². The molecule has 2 aromatic carbocycles. The van der Waals surface area contributed by atoms with Crippen molar-refractivity contribution in [2.24, 2.45) is 5.73 Å². The van der Waals surface area contributed by atoms with Crippen LogP contribution >= 0.6 is 10.9 Å². The molecule has 34 heavy (non-hydrogen) atoms. The van der Waals surface area contributed by atoms with Crippen molar-refractivity contribution in [2.45, 2.75) is 31.2 Å². The maximum Gasteiger partial charge on any atom is 0.416 e. The molecule has 9 heteroatoms. The van der Waals surface area contributed by atoms with Crippen molar-refractivity contribution in [3.8, 4) is 0 Å². The van der Waals surface area contributed by atoms with Gasteiger partial charge in [-0.3, -0.25) is 4.79 Å². The van der Waals surface area contributed by atoms with Crippen LogP contribution in [-0.4, -0.2) is 30.2 Å². The first-order valence-corrected chi connectivity index (χ1v) is 12.1. The zero-order valence-corrected chi connectivity index (χ0v) is 19.2. The second kappa shape index (κ2) is 9.31. The van der Waals surface area contributed by atoms with Gasteiger partial charge in [0.1, 0.15) is 0 Å². The molecule has 0 radical (unpaired) electrons. The number of aromatic carboxylic acids is 1. The first-order chi connectivity index (χ1) is 16.1. The van der Waals surface area contributed by atoms with Gasteiger partial charge in [-0.05, 0) is 57.2 Å². The van der Waals surface area contributed by atoms with Crippen LogP contribution in [0.2, 0.25) is 0 Å². The van der Waals surface area contributed by atoms with E-state index in [1.165, 1.54) is 12.1 Å². The molecular weight excluding hydrogens is 467 g/mol.